The molecule has 0 aliphatic heterocycles. The first kappa shape index (κ1) is 18.1. The van der Waals surface area contributed by atoms with E-state index in [0.717, 1.165) is 27.5 Å². The highest BCUT2D eigenvalue weighted by molar-refractivity contribution is 7.17. The summed E-state index contributed by atoms with van der Waals surface area (Å²) in [6.45, 7) is 2.39. The predicted molar refractivity (Wildman–Crippen MR) is 113 cm³/mol. The second-order valence-corrected chi connectivity index (χ2v) is 7.39. The number of carbonyl (C=O) groups excluding carboxylic acids is 1. The van der Waals surface area contributed by atoms with Gasteiger partial charge >= 0.3 is 0 Å². The van der Waals surface area contributed by atoms with Crippen LogP contribution < -0.4 is 4.90 Å². The van der Waals surface area contributed by atoms with Crippen LogP contribution in [0.1, 0.15) is 20.9 Å². The highest BCUT2D eigenvalue weighted by Crippen LogP contribution is 2.30. The van der Waals surface area contributed by atoms with Crippen molar-refractivity contribution in [3.05, 3.63) is 101 Å². The maximum absolute atomic E-state index is 13.5. The molecular weight excluding hydrogens is 366 g/mol. The molecule has 1 amide bonds. The topological polar surface area (TPSA) is 46.1 Å². The standard InChI is InChI=1S/C23H19N3OS/c1-17-21(28-22(25-17)19-11-8-14-24-15-19)23(27)26(20-12-6-3-7-13-20)16-18-9-4-2-5-10-18/h2-15H,16H2,1H3. The van der Waals surface area contributed by atoms with E-state index in [1.807, 2.05) is 84.6 Å². The first-order valence-corrected chi connectivity index (χ1v) is 9.82. The SMILES string of the molecule is Cc1nc(-c2cccnc2)sc1C(=O)N(Cc1ccccc1)c1ccccc1. The van der Waals surface area contributed by atoms with Crippen LogP contribution in [0, 0.1) is 6.92 Å². The summed E-state index contributed by atoms with van der Waals surface area (Å²) in [6.07, 6.45) is 3.50. The number of hydrogen-bond acceptors (Lipinski definition) is 4. The van der Waals surface area contributed by atoms with Crippen LogP contribution in [-0.4, -0.2) is 15.9 Å². The van der Waals surface area contributed by atoms with E-state index in [9.17, 15) is 4.79 Å². The van der Waals surface area contributed by atoms with Crippen LogP contribution in [0.15, 0.2) is 85.2 Å². The smallest absolute Gasteiger partial charge is 0.270 e. The molecule has 4 rings (SSSR count). The molecule has 2 aromatic heterocycles. The van der Waals surface area contributed by atoms with Crippen molar-refractivity contribution in [3.63, 3.8) is 0 Å². The number of para-hydroxylation sites is 1. The lowest BCUT2D eigenvalue weighted by molar-refractivity contribution is 0.0988. The van der Waals surface area contributed by atoms with Crippen molar-refractivity contribution in [1.82, 2.24) is 9.97 Å². The summed E-state index contributed by atoms with van der Waals surface area (Å²) in [5.41, 5.74) is 3.60. The van der Waals surface area contributed by atoms with E-state index in [0.29, 0.717) is 11.4 Å². The van der Waals surface area contributed by atoms with Crippen LogP contribution in [0.2, 0.25) is 0 Å². The molecule has 138 valence electrons. The Bertz CT molecular complexity index is 1060. The zero-order chi connectivity index (χ0) is 19.3. The van der Waals surface area contributed by atoms with Gasteiger partial charge in [-0.25, -0.2) is 4.98 Å². The van der Waals surface area contributed by atoms with Gasteiger partial charge in [-0.15, -0.1) is 11.3 Å². The lowest BCUT2D eigenvalue weighted by atomic mass is 10.2. The van der Waals surface area contributed by atoms with E-state index in [-0.39, 0.29) is 5.91 Å². The minimum Gasteiger partial charge on any atom is -0.303 e. The Hall–Kier alpha value is -3.31. The van der Waals surface area contributed by atoms with E-state index < -0.39 is 0 Å². The predicted octanol–water partition coefficient (Wildman–Crippen LogP) is 5.36. The summed E-state index contributed by atoms with van der Waals surface area (Å²) < 4.78 is 0. The molecule has 28 heavy (non-hydrogen) atoms. The molecule has 0 aliphatic carbocycles. The van der Waals surface area contributed by atoms with Gasteiger partial charge in [-0.05, 0) is 36.8 Å². The molecule has 0 saturated heterocycles. The molecule has 0 radical (unpaired) electrons. The van der Waals surface area contributed by atoms with Gasteiger partial charge in [-0.2, -0.15) is 0 Å². The van der Waals surface area contributed by atoms with Gasteiger partial charge in [0.1, 0.15) is 9.88 Å². The molecule has 4 aromatic rings. The number of anilines is 1. The Kier molecular flexibility index (Phi) is 5.26. The van der Waals surface area contributed by atoms with Crippen LogP contribution in [0.25, 0.3) is 10.6 Å². The molecule has 0 bridgehead atoms. The Morgan fingerprint density at radius 2 is 1.68 bits per heavy atom. The van der Waals surface area contributed by atoms with E-state index in [1.54, 1.807) is 12.4 Å². The monoisotopic (exact) mass is 385 g/mol. The third kappa shape index (κ3) is 3.85. The molecule has 0 atom stereocenters. The van der Waals surface area contributed by atoms with Gasteiger partial charge < -0.3 is 4.90 Å². The normalized spacial score (nSPS) is 10.6. The average Bonchev–Trinajstić information content (AvgIpc) is 3.15. The number of rotatable bonds is 5. The Morgan fingerprint density at radius 1 is 0.964 bits per heavy atom. The summed E-state index contributed by atoms with van der Waals surface area (Å²) >= 11 is 1.41. The second-order valence-electron chi connectivity index (χ2n) is 6.39. The highest BCUT2D eigenvalue weighted by Gasteiger charge is 2.23. The molecule has 2 aromatic carbocycles. The Balaban J connectivity index is 1.71. The number of hydrogen-bond donors (Lipinski definition) is 0. The summed E-state index contributed by atoms with van der Waals surface area (Å²) in [5.74, 6) is -0.0415. The van der Waals surface area contributed by atoms with Crippen LogP contribution in [0.5, 0.6) is 0 Å². The quantitative estimate of drug-likeness (QED) is 0.464. The number of thiazole rings is 1. The van der Waals surface area contributed by atoms with Crippen LogP contribution >= 0.6 is 11.3 Å². The first-order chi connectivity index (χ1) is 13.7. The number of amides is 1. The van der Waals surface area contributed by atoms with E-state index in [2.05, 4.69) is 9.97 Å². The second kappa shape index (κ2) is 8.15. The van der Waals surface area contributed by atoms with Crippen molar-refractivity contribution in [2.45, 2.75) is 13.5 Å². The molecular formula is C23H19N3OS. The van der Waals surface area contributed by atoms with E-state index in [4.69, 9.17) is 0 Å². The van der Waals surface area contributed by atoms with Gasteiger partial charge in [0.15, 0.2) is 0 Å². The molecule has 0 fully saturated rings. The van der Waals surface area contributed by atoms with Crippen molar-refractivity contribution in [2.75, 3.05) is 4.90 Å². The number of nitrogens with zero attached hydrogens (tertiary/aromatic N) is 3. The summed E-state index contributed by atoms with van der Waals surface area (Å²) in [6, 6.07) is 23.6. The lowest BCUT2D eigenvalue weighted by Crippen LogP contribution is -2.30. The van der Waals surface area contributed by atoms with Gasteiger partial charge in [-0.1, -0.05) is 48.5 Å². The first-order valence-electron chi connectivity index (χ1n) is 9.01. The van der Waals surface area contributed by atoms with Crippen molar-refractivity contribution >= 4 is 22.9 Å². The van der Waals surface area contributed by atoms with Gasteiger partial charge in [0.25, 0.3) is 5.91 Å². The number of aromatic nitrogens is 2. The molecule has 0 unspecified atom stereocenters. The Labute approximate surface area is 168 Å². The molecule has 4 nitrogen and oxygen atoms in total. The van der Waals surface area contributed by atoms with Crippen molar-refractivity contribution in [2.24, 2.45) is 0 Å². The van der Waals surface area contributed by atoms with Gasteiger partial charge in [0.2, 0.25) is 0 Å². The number of benzene rings is 2. The highest BCUT2D eigenvalue weighted by atomic mass is 32.1. The van der Waals surface area contributed by atoms with Crippen molar-refractivity contribution in [1.29, 1.82) is 0 Å². The third-order valence-electron chi connectivity index (χ3n) is 4.40. The van der Waals surface area contributed by atoms with Gasteiger partial charge in [0, 0.05) is 23.6 Å². The van der Waals surface area contributed by atoms with Crippen molar-refractivity contribution < 1.29 is 4.79 Å². The van der Waals surface area contributed by atoms with E-state index >= 15 is 0 Å². The fourth-order valence-corrected chi connectivity index (χ4v) is 3.99. The van der Waals surface area contributed by atoms with Gasteiger partial charge in [-0.3, -0.25) is 9.78 Å². The zero-order valence-corrected chi connectivity index (χ0v) is 16.3. The third-order valence-corrected chi connectivity index (χ3v) is 5.59. The summed E-state index contributed by atoms with van der Waals surface area (Å²) in [4.78, 5) is 24.7. The van der Waals surface area contributed by atoms with Crippen LogP contribution in [0.4, 0.5) is 5.69 Å². The average molecular weight is 385 g/mol. The molecule has 0 N–H and O–H groups in total. The largest absolute Gasteiger partial charge is 0.303 e. The molecule has 2 heterocycles. The number of aryl methyl sites for hydroxylation is 1. The lowest BCUT2D eigenvalue weighted by Gasteiger charge is -2.22. The zero-order valence-electron chi connectivity index (χ0n) is 15.4. The number of carbonyl (C=O) groups is 1. The number of pyridine rings is 1. The fourth-order valence-electron chi connectivity index (χ4n) is 2.98. The van der Waals surface area contributed by atoms with Crippen molar-refractivity contribution in [3.8, 4) is 10.6 Å². The molecule has 0 aliphatic rings. The minimum atomic E-state index is -0.0415. The molecule has 0 spiro atoms. The molecule has 5 heteroatoms. The van der Waals surface area contributed by atoms with Crippen LogP contribution in [0.3, 0.4) is 0 Å². The fraction of sp³-hybridized carbons (Fsp3) is 0.0870. The van der Waals surface area contributed by atoms with Gasteiger partial charge in [0.05, 0.1) is 12.2 Å². The van der Waals surface area contributed by atoms with Crippen LogP contribution in [-0.2, 0) is 6.54 Å². The molecule has 0 saturated carbocycles. The maximum atomic E-state index is 13.5. The maximum Gasteiger partial charge on any atom is 0.270 e. The van der Waals surface area contributed by atoms with E-state index in [1.165, 1.54) is 11.3 Å². The Morgan fingerprint density at radius 3 is 2.36 bits per heavy atom. The summed E-state index contributed by atoms with van der Waals surface area (Å²) in [7, 11) is 0. The summed E-state index contributed by atoms with van der Waals surface area (Å²) in [5, 5.41) is 0.807. The minimum absolute atomic E-state index is 0.0415.